The Kier molecular flexibility index (Phi) is 4.34. The molecule has 4 nitrogen and oxygen atoms in total. The third kappa shape index (κ3) is 3.43. The largest absolute Gasteiger partial charge is 0.448 e. The first-order valence-electron chi connectivity index (χ1n) is 6.76. The maximum absolute atomic E-state index is 12.0. The Morgan fingerprint density at radius 3 is 2.77 bits per heavy atom. The molecular weight excluding hydrogens is 344 g/mol. The minimum absolute atomic E-state index is 0.168. The summed E-state index contributed by atoms with van der Waals surface area (Å²) in [6.45, 7) is 0. The number of carbonyl (C=O) groups excluding carboxylic acids is 1. The molecule has 1 amide bonds. The first-order chi connectivity index (χ1) is 10.7. The van der Waals surface area contributed by atoms with E-state index < -0.39 is 0 Å². The molecule has 0 spiro atoms. The standard InChI is InChI=1S/C17H13BrN2O2/c18-16-9-8-14(22-16)11-19-20-17(21)10-13-6-3-5-12-4-1-2-7-15(12)13/h1-9,11H,10H2,(H,20,21)/b19-11-. The lowest BCUT2D eigenvalue weighted by Crippen LogP contribution is -2.19. The number of fused-ring (bicyclic) bond motifs is 1. The molecule has 110 valence electrons. The lowest BCUT2D eigenvalue weighted by molar-refractivity contribution is -0.120. The zero-order valence-corrected chi connectivity index (χ0v) is 13.2. The molecule has 0 bridgehead atoms. The number of hydrogen-bond donors (Lipinski definition) is 1. The summed E-state index contributed by atoms with van der Waals surface area (Å²) < 4.78 is 5.88. The van der Waals surface area contributed by atoms with Gasteiger partial charge in [0.05, 0.1) is 12.6 Å². The number of hydrazone groups is 1. The number of carbonyl (C=O) groups is 1. The molecule has 1 aromatic heterocycles. The van der Waals surface area contributed by atoms with Gasteiger partial charge in [-0.15, -0.1) is 0 Å². The molecule has 1 heterocycles. The summed E-state index contributed by atoms with van der Waals surface area (Å²) in [4.78, 5) is 12.0. The van der Waals surface area contributed by atoms with Crippen molar-refractivity contribution in [1.82, 2.24) is 5.43 Å². The first-order valence-corrected chi connectivity index (χ1v) is 7.55. The van der Waals surface area contributed by atoms with Crippen LogP contribution in [-0.2, 0) is 11.2 Å². The summed E-state index contributed by atoms with van der Waals surface area (Å²) in [6.07, 6.45) is 1.74. The number of nitrogens with one attached hydrogen (secondary N) is 1. The van der Waals surface area contributed by atoms with Crippen LogP contribution < -0.4 is 5.43 Å². The van der Waals surface area contributed by atoms with Gasteiger partial charge in [-0.1, -0.05) is 42.5 Å². The van der Waals surface area contributed by atoms with E-state index >= 15 is 0 Å². The average Bonchev–Trinajstić information content (AvgIpc) is 2.93. The summed E-state index contributed by atoms with van der Waals surface area (Å²) >= 11 is 3.20. The van der Waals surface area contributed by atoms with Gasteiger partial charge in [0.1, 0.15) is 5.76 Å². The SMILES string of the molecule is O=C(Cc1cccc2ccccc12)N/N=C\c1ccc(Br)o1. The number of rotatable bonds is 4. The summed E-state index contributed by atoms with van der Waals surface area (Å²) in [5, 5.41) is 6.10. The second-order valence-electron chi connectivity index (χ2n) is 4.75. The molecule has 0 fully saturated rings. The molecule has 0 unspecified atom stereocenters. The van der Waals surface area contributed by atoms with Crippen LogP contribution in [0.4, 0.5) is 0 Å². The number of halogens is 1. The van der Waals surface area contributed by atoms with E-state index in [0.717, 1.165) is 16.3 Å². The quantitative estimate of drug-likeness (QED) is 0.569. The summed E-state index contributed by atoms with van der Waals surface area (Å²) in [7, 11) is 0. The van der Waals surface area contributed by atoms with Crippen LogP contribution in [0.25, 0.3) is 10.8 Å². The van der Waals surface area contributed by atoms with Gasteiger partial charge in [-0.05, 0) is 44.4 Å². The van der Waals surface area contributed by atoms with Gasteiger partial charge in [-0.3, -0.25) is 4.79 Å². The van der Waals surface area contributed by atoms with E-state index in [1.165, 1.54) is 6.21 Å². The highest BCUT2D eigenvalue weighted by Crippen LogP contribution is 2.18. The predicted molar refractivity (Wildman–Crippen MR) is 89.8 cm³/mol. The molecule has 22 heavy (non-hydrogen) atoms. The fraction of sp³-hybridized carbons (Fsp3) is 0.0588. The van der Waals surface area contributed by atoms with Crippen molar-refractivity contribution in [2.45, 2.75) is 6.42 Å². The van der Waals surface area contributed by atoms with Crippen molar-refractivity contribution in [2.24, 2.45) is 5.10 Å². The van der Waals surface area contributed by atoms with Crippen molar-refractivity contribution >= 4 is 38.8 Å². The molecule has 0 atom stereocenters. The Hall–Kier alpha value is -2.40. The number of nitrogens with zero attached hydrogens (tertiary/aromatic N) is 1. The van der Waals surface area contributed by atoms with Crippen molar-refractivity contribution in [3.8, 4) is 0 Å². The van der Waals surface area contributed by atoms with E-state index in [9.17, 15) is 4.79 Å². The molecule has 0 aliphatic rings. The van der Waals surface area contributed by atoms with Crippen molar-refractivity contribution in [2.75, 3.05) is 0 Å². The second-order valence-corrected chi connectivity index (χ2v) is 5.53. The molecule has 2 aromatic carbocycles. The molecule has 1 N–H and O–H groups in total. The third-order valence-electron chi connectivity index (χ3n) is 3.21. The maximum Gasteiger partial charge on any atom is 0.244 e. The molecule has 3 rings (SSSR count). The van der Waals surface area contributed by atoms with Gasteiger partial charge in [-0.2, -0.15) is 5.10 Å². The molecule has 0 saturated heterocycles. The number of furan rings is 1. The second kappa shape index (κ2) is 6.58. The molecule has 0 saturated carbocycles. The van der Waals surface area contributed by atoms with Gasteiger partial charge in [-0.25, -0.2) is 5.43 Å². The number of hydrogen-bond acceptors (Lipinski definition) is 3. The topological polar surface area (TPSA) is 54.6 Å². The highest BCUT2D eigenvalue weighted by Gasteiger charge is 2.06. The van der Waals surface area contributed by atoms with Gasteiger partial charge < -0.3 is 4.42 Å². The Labute approximate surface area is 136 Å². The summed E-state index contributed by atoms with van der Waals surface area (Å²) in [5.41, 5.74) is 3.49. The highest BCUT2D eigenvalue weighted by atomic mass is 79.9. The first kappa shape index (κ1) is 14.5. The van der Waals surface area contributed by atoms with Gasteiger partial charge in [0.15, 0.2) is 4.67 Å². The molecule has 0 aliphatic carbocycles. The molecule has 5 heteroatoms. The van der Waals surface area contributed by atoms with Gasteiger partial charge in [0, 0.05) is 0 Å². The highest BCUT2D eigenvalue weighted by molar-refractivity contribution is 9.10. The smallest absolute Gasteiger partial charge is 0.244 e. The Morgan fingerprint density at radius 2 is 1.95 bits per heavy atom. The van der Waals surface area contributed by atoms with Crippen LogP contribution in [0.2, 0.25) is 0 Å². The molecule has 0 radical (unpaired) electrons. The van der Waals surface area contributed by atoms with E-state index in [1.54, 1.807) is 12.1 Å². The van der Waals surface area contributed by atoms with Crippen molar-refractivity contribution in [1.29, 1.82) is 0 Å². The lowest BCUT2D eigenvalue weighted by Gasteiger charge is -2.05. The van der Waals surface area contributed by atoms with Crippen LogP contribution in [0.1, 0.15) is 11.3 Å². The monoisotopic (exact) mass is 356 g/mol. The minimum Gasteiger partial charge on any atom is -0.448 e. The van der Waals surface area contributed by atoms with Crippen molar-refractivity contribution in [3.63, 3.8) is 0 Å². The van der Waals surface area contributed by atoms with Crippen LogP contribution in [-0.4, -0.2) is 12.1 Å². The lowest BCUT2D eigenvalue weighted by atomic mass is 10.0. The average molecular weight is 357 g/mol. The number of amides is 1. The fourth-order valence-electron chi connectivity index (χ4n) is 2.22. The normalized spacial score (nSPS) is 11.1. The zero-order valence-electron chi connectivity index (χ0n) is 11.6. The van der Waals surface area contributed by atoms with Crippen LogP contribution in [0.5, 0.6) is 0 Å². The van der Waals surface area contributed by atoms with E-state index in [1.807, 2.05) is 42.5 Å². The maximum atomic E-state index is 12.0. The predicted octanol–water partition coefficient (Wildman–Crippen LogP) is 3.89. The van der Waals surface area contributed by atoms with E-state index in [4.69, 9.17) is 4.42 Å². The molecule has 3 aromatic rings. The Bertz CT molecular complexity index is 834. The van der Waals surface area contributed by atoms with Gasteiger partial charge in [0.25, 0.3) is 0 Å². The fourth-order valence-corrected chi connectivity index (χ4v) is 2.54. The van der Waals surface area contributed by atoms with Crippen LogP contribution >= 0.6 is 15.9 Å². The van der Waals surface area contributed by atoms with Crippen LogP contribution in [0.3, 0.4) is 0 Å². The van der Waals surface area contributed by atoms with E-state index in [2.05, 4.69) is 26.5 Å². The van der Waals surface area contributed by atoms with Crippen LogP contribution in [0, 0.1) is 0 Å². The van der Waals surface area contributed by atoms with Crippen molar-refractivity contribution in [3.05, 3.63) is 70.6 Å². The summed E-state index contributed by atoms with van der Waals surface area (Å²) in [6, 6.07) is 17.5. The Balaban J connectivity index is 1.67. The zero-order chi connectivity index (χ0) is 15.4. The van der Waals surface area contributed by atoms with E-state index in [-0.39, 0.29) is 12.3 Å². The van der Waals surface area contributed by atoms with Gasteiger partial charge in [0.2, 0.25) is 5.91 Å². The number of benzene rings is 2. The van der Waals surface area contributed by atoms with Crippen LogP contribution in [0.15, 0.2) is 68.8 Å². The Morgan fingerprint density at radius 1 is 1.14 bits per heavy atom. The molecular formula is C17H13BrN2O2. The minimum atomic E-state index is -0.168. The van der Waals surface area contributed by atoms with E-state index in [0.29, 0.717) is 10.4 Å². The van der Waals surface area contributed by atoms with Gasteiger partial charge >= 0.3 is 0 Å². The van der Waals surface area contributed by atoms with Crippen molar-refractivity contribution < 1.29 is 9.21 Å². The molecule has 0 aliphatic heterocycles. The summed E-state index contributed by atoms with van der Waals surface area (Å²) in [5.74, 6) is 0.399. The third-order valence-corrected chi connectivity index (χ3v) is 3.63.